The van der Waals surface area contributed by atoms with Gasteiger partial charge < -0.3 is 10.6 Å². The first-order chi connectivity index (χ1) is 9.61. The van der Waals surface area contributed by atoms with Crippen LogP contribution in [0.25, 0.3) is 0 Å². The minimum Gasteiger partial charge on any atom is -0.373 e. The van der Waals surface area contributed by atoms with Crippen molar-refractivity contribution in [2.45, 2.75) is 52.4 Å². The standard InChI is InChI=1S/C16H28N4/c1-11(2)14-15(17-4)19-10-20-16(14)18-9-13-7-5-12(3)6-8-13/h10-13H,5-9H2,1-4H3,(H2,17,18,19,20). The van der Waals surface area contributed by atoms with Gasteiger partial charge >= 0.3 is 0 Å². The van der Waals surface area contributed by atoms with Crippen LogP contribution in [0.2, 0.25) is 0 Å². The molecule has 1 aliphatic carbocycles. The minimum absolute atomic E-state index is 0.410. The van der Waals surface area contributed by atoms with E-state index in [0.717, 1.165) is 30.0 Å². The number of anilines is 2. The Labute approximate surface area is 122 Å². The molecule has 1 saturated carbocycles. The SMILES string of the molecule is CNc1ncnc(NCC2CCC(C)CC2)c1C(C)C. The number of hydrogen-bond acceptors (Lipinski definition) is 4. The van der Waals surface area contributed by atoms with E-state index in [4.69, 9.17) is 0 Å². The summed E-state index contributed by atoms with van der Waals surface area (Å²) in [4.78, 5) is 8.77. The van der Waals surface area contributed by atoms with Gasteiger partial charge in [-0.15, -0.1) is 0 Å². The van der Waals surface area contributed by atoms with Crippen molar-refractivity contribution in [3.8, 4) is 0 Å². The van der Waals surface area contributed by atoms with Crippen LogP contribution < -0.4 is 10.6 Å². The molecule has 1 heterocycles. The Morgan fingerprint density at radius 2 is 1.80 bits per heavy atom. The number of aromatic nitrogens is 2. The van der Waals surface area contributed by atoms with Gasteiger partial charge in [0.15, 0.2) is 0 Å². The highest BCUT2D eigenvalue weighted by Gasteiger charge is 2.19. The van der Waals surface area contributed by atoms with Crippen LogP contribution in [-0.4, -0.2) is 23.6 Å². The van der Waals surface area contributed by atoms with Gasteiger partial charge in [-0.3, -0.25) is 0 Å². The summed E-state index contributed by atoms with van der Waals surface area (Å²) in [6, 6.07) is 0. The van der Waals surface area contributed by atoms with Crippen LogP contribution in [0.3, 0.4) is 0 Å². The topological polar surface area (TPSA) is 49.8 Å². The van der Waals surface area contributed by atoms with Crippen LogP contribution >= 0.6 is 0 Å². The molecule has 0 radical (unpaired) electrons. The maximum Gasteiger partial charge on any atom is 0.134 e. The summed E-state index contributed by atoms with van der Waals surface area (Å²) in [5.41, 5.74) is 1.19. The molecular weight excluding hydrogens is 248 g/mol. The van der Waals surface area contributed by atoms with Gasteiger partial charge in [0.25, 0.3) is 0 Å². The molecule has 1 fully saturated rings. The second-order valence-electron chi connectivity index (χ2n) is 6.40. The average Bonchev–Trinajstić information content (AvgIpc) is 2.46. The molecule has 112 valence electrons. The van der Waals surface area contributed by atoms with Crippen molar-refractivity contribution in [2.24, 2.45) is 11.8 Å². The fraction of sp³-hybridized carbons (Fsp3) is 0.750. The molecule has 0 aromatic carbocycles. The molecule has 0 amide bonds. The normalized spacial score (nSPS) is 22.9. The van der Waals surface area contributed by atoms with Crippen molar-refractivity contribution in [1.82, 2.24) is 9.97 Å². The first-order valence-electron chi connectivity index (χ1n) is 7.88. The zero-order chi connectivity index (χ0) is 14.5. The highest BCUT2D eigenvalue weighted by atomic mass is 15.1. The molecular formula is C16H28N4. The Kier molecular flexibility index (Phi) is 5.21. The molecule has 1 aliphatic rings. The maximum absolute atomic E-state index is 4.45. The molecule has 0 aliphatic heterocycles. The lowest BCUT2D eigenvalue weighted by atomic mass is 9.83. The average molecular weight is 276 g/mol. The molecule has 0 saturated heterocycles. The molecule has 2 rings (SSSR count). The molecule has 2 N–H and O–H groups in total. The summed E-state index contributed by atoms with van der Waals surface area (Å²) >= 11 is 0. The van der Waals surface area contributed by atoms with Crippen molar-refractivity contribution >= 4 is 11.6 Å². The van der Waals surface area contributed by atoms with Gasteiger partial charge in [-0.05, 0) is 30.6 Å². The van der Waals surface area contributed by atoms with Crippen LogP contribution in [0.15, 0.2) is 6.33 Å². The summed E-state index contributed by atoms with van der Waals surface area (Å²) in [6.07, 6.45) is 7.07. The summed E-state index contributed by atoms with van der Waals surface area (Å²) < 4.78 is 0. The summed E-state index contributed by atoms with van der Waals surface area (Å²) in [7, 11) is 1.92. The van der Waals surface area contributed by atoms with Crippen LogP contribution in [0.1, 0.15) is 57.9 Å². The zero-order valence-corrected chi connectivity index (χ0v) is 13.2. The van der Waals surface area contributed by atoms with E-state index in [0.29, 0.717) is 5.92 Å². The zero-order valence-electron chi connectivity index (χ0n) is 13.2. The molecule has 4 heteroatoms. The summed E-state index contributed by atoms with van der Waals surface area (Å²) in [5.74, 6) is 4.05. The third-order valence-electron chi connectivity index (χ3n) is 4.39. The van der Waals surface area contributed by atoms with Crippen molar-refractivity contribution in [3.05, 3.63) is 11.9 Å². The van der Waals surface area contributed by atoms with Crippen molar-refractivity contribution in [1.29, 1.82) is 0 Å². The van der Waals surface area contributed by atoms with Gasteiger partial charge in [0.2, 0.25) is 0 Å². The highest BCUT2D eigenvalue weighted by molar-refractivity contribution is 5.58. The van der Waals surface area contributed by atoms with Gasteiger partial charge in [-0.1, -0.05) is 33.6 Å². The predicted molar refractivity (Wildman–Crippen MR) is 85.3 cm³/mol. The molecule has 0 atom stereocenters. The van der Waals surface area contributed by atoms with E-state index < -0.39 is 0 Å². The number of nitrogens with zero attached hydrogens (tertiary/aromatic N) is 2. The lowest BCUT2D eigenvalue weighted by molar-refractivity contribution is 0.300. The largest absolute Gasteiger partial charge is 0.373 e. The smallest absolute Gasteiger partial charge is 0.134 e. The van der Waals surface area contributed by atoms with Crippen molar-refractivity contribution in [3.63, 3.8) is 0 Å². The van der Waals surface area contributed by atoms with E-state index in [2.05, 4.69) is 41.4 Å². The Morgan fingerprint density at radius 1 is 1.15 bits per heavy atom. The van der Waals surface area contributed by atoms with E-state index in [1.54, 1.807) is 6.33 Å². The molecule has 0 unspecified atom stereocenters. The molecule has 1 aromatic heterocycles. The Bertz CT molecular complexity index is 422. The number of nitrogens with one attached hydrogen (secondary N) is 2. The van der Waals surface area contributed by atoms with Gasteiger partial charge in [0.1, 0.15) is 18.0 Å². The molecule has 0 bridgehead atoms. The molecule has 1 aromatic rings. The van der Waals surface area contributed by atoms with Crippen LogP contribution in [-0.2, 0) is 0 Å². The van der Waals surface area contributed by atoms with E-state index in [-0.39, 0.29) is 0 Å². The number of rotatable bonds is 5. The van der Waals surface area contributed by atoms with Crippen molar-refractivity contribution in [2.75, 3.05) is 24.2 Å². The van der Waals surface area contributed by atoms with Crippen molar-refractivity contribution < 1.29 is 0 Å². The summed E-state index contributed by atoms with van der Waals surface area (Å²) in [5, 5.41) is 6.73. The number of hydrogen-bond donors (Lipinski definition) is 2. The fourth-order valence-electron chi connectivity index (χ4n) is 3.06. The third kappa shape index (κ3) is 3.62. The monoisotopic (exact) mass is 276 g/mol. The fourth-order valence-corrected chi connectivity index (χ4v) is 3.06. The second-order valence-corrected chi connectivity index (χ2v) is 6.40. The molecule has 4 nitrogen and oxygen atoms in total. The Hall–Kier alpha value is -1.32. The van der Waals surface area contributed by atoms with Gasteiger partial charge in [-0.25, -0.2) is 9.97 Å². The van der Waals surface area contributed by atoms with Gasteiger partial charge in [0.05, 0.1) is 0 Å². The first-order valence-corrected chi connectivity index (χ1v) is 7.88. The van der Waals surface area contributed by atoms with E-state index in [9.17, 15) is 0 Å². The predicted octanol–water partition coefficient (Wildman–Crippen LogP) is 3.88. The highest BCUT2D eigenvalue weighted by Crippen LogP contribution is 2.31. The Morgan fingerprint density at radius 3 is 2.40 bits per heavy atom. The lowest BCUT2D eigenvalue weighted by Crippen LogP contribution is -2.21. The molecule has 20 heavy (non-hydrogen) atoms. The van der Waals surface area contributed by atoms with E-state index in [1.165, 1.54) is 31.2 Å². The van der Waals surface area contributed by atoms with E-state index in [1.807, 2.05) is 7.05 Å². The molecule has 0 spiro atoms. The second kappa shape index (κ2) is 6.91. The maximum atomic E-state index is 4.45. The quantitative estimate of drug-likeness (QED) is 0.857. The first kappa shape index (κ1) is 15.1. The lowest BCUT2D eigenvalue weighted by Gasteiger charge is -2.27. The van der Waals surface area contributed by atoms with Gasteiger partial charge in [0, 0.05) is 19.2 Å². The summed E-state index contributed by atoms with van der Waals surface area (Å²) in [6.45, 7) is 7.77. The minimum atomic E-state index is 0.410. The van der Waals surface area contributed by atoms with Gasteiger partial charge in [-0.2, -0.15) is 0 Å². The third-order valence-corrected chi connectivity index (χ3v) is 4.39. The van der Waals surface area contributed by atoms with Crippen LogP contribution in [0, 0.1) is 11.8 Å². The Balaban J connectivity index is 2.02. The van der Waals surface area contributed by atoms with Crippen LogP contribution in [0.4, 0.5) is 11.6 Å². The van der Waals surface area contributed by atoms with Crippen LogP contribution in [0.5, 0.6) is 0 Å². The van der Waals surface area contributed by atoms with E-state index >= 15 is 0 Å².